The number of benzene rings is 2. The van der Waals surface area contributed by atoms with Gasteiger partial charge in [0.05, 0.1) is 19.3 Å². The molecule has 1 fully saturated rings. The number of azide groups is 1. The Bertz CT molecular complexity index is 968. The maximum Gasteiger partial charge on any atom is 0.255 e. The molecule has 0 atom stereocenters. The van der Waals surface area contributed by atoms with Crippen molar-refractivity contribution in [1.29, 1.82) is 0 Å². The molecule has 0 aliphatic carbocycles. The fraction of sp³-hybridized carbons (Fsp3) is 0.435. The van der Waals surface area contributed by atoms with Gasteiger partial charge in [-0.2, -0.15) is 0 Å². The summed E-state index contributed by atoms with van der Waals surface area (Å²) < 4.78 is 23.9. The molecule has 9 heteroatoms. The van der Waals surface area contributed by atoms with Crippen LogP contribution in [0.3, 0.4) is 0 Å². The van der Waals surface area contributed by atoms with Gasteiger partial charge in [0.25, 0.3) is 5.91 Å². The van der Waals surface area contributed by atoms with E-state index in [2.05, 4.69) is 27.2 Å². The lowest BCUT2D eigenvalue weighted by Gasteiger charge is -2.40. The third-order valence-electron chi connectivity index (χ3n) is 5.67. The fourth-order valence-corrected chi connectivity index (χ4v) is 3.73. The van der Waals surface area contributed by atoms with Crippen molar-refractivity contribution >= 4 is 11.6 Å². The van der Waals surface area contributed by atoms with Crippen LogP contribution in [0, 0.1) is 5.82 Å². The predicted octanol–water partition coefficient (Wildman–Crippen LogP) is 4.83. The van der Waals surface area contributed by atoms with Crippen molar-refractivity contribution in [2.24, 2.45) is 5.11 Å². The Balaban J connectivity index is 1.45. The lowest BCUT2D eigenvalue weighted by molar-refractivity contribution is 0.0827. The van der Waals surface area contributed by atoms with Gasteiger partial charge in [0.2, 0.25) is 0 Å². The molecule has 1 heterocycles. The Labute approximate surface area is 186 Å². The van der Waals surface area contributed by atoms with Gasteiger partial charge in [-0.1, -0.05) is 11.2 Å². The number of carbonyl (C=O) groups excluding carboxylic acids is 1. The van der Waals surface area contributed by atoms with Crippen molar-refractivity contribution in [3.8, 4) is 11.5 Å². The van der Waals surface area contributed by atoms with E-state index in [1.165, 1.54) is 19.2 Å². The molecule has 0 radical (unpaired) electrons. The van der Waals surface area contributed by atoms with Gasteiger partial charge in [-0.15, -0.1) is 0 Å². The molecule has 0 bridgehead atoms. The van der Waals surface area contributed by atoms with Gasteiger partial charge in [-0.3, -0.25) is 4.79 Å². The number of hydrogen-bond acceptors (Lipinski definition) is 5. The highest BCUT2D eigenvalue weighted by atomic mass is 19.1. The molecule has 170 valence electrons. The highest BCUT2D eigenvalue weighted by Crippen LogP contribution is 2.27. The minimum atomic E-state index is -0.313. The van der Waals surface area contributed by atoms with Crippen LogP contribution in [0.5, 0.6) is 11.5 Å². The molecule has 1 N–H and O–H groups in total. The summed E-state index contributed by atoms with van der Waals surface area (Å²) in [5, 5.41) is 6.69. The van der Waals surface area contributed by atoms with Crippen LogP contribution in [-0.4, -0.2) is 49.7 Å². The number of likely N-dealkylation sites (tertiary alicyclic amines) is 1. The number of amides is 1. The molecule has 0 spiro atoms. The van der Waals surface area contributed by atoms with Crippen LogP contribution in [0.1, 0.15) is 36.5 Å². The number of halogens is 1. The van der Waals surface area contributed by atoms with E-state index < -0.39 is 0 Å². The first kappa shape index (κ1) is 23.4. The lowest BCUT2D eigenvalue weighted by atomic mass is 9.89. The topological polar surface area (TPSA) is 99.6 Å². The quantitative estimate of drug-likeness (QED) is 0.261. The minimum absolute atomic E-state index is 0.210. The third kappa shape index (κ3) is 6.35. The summed E-state index contributed by atoms with van der Waals surface area (Å²) in [5.41, 5.74) is 9.07. The monoisotopic (exact) mass is 441 g/mol. The molecule has 2 aromatic rings. The number of nitrogens with zero attached hydrogens (tertiary/aromatic N) is 4. The Morgan fingerprint density at radius 3 is 2.62 bits per heavy atom. The zero-order valence-electron chi connectivity index (χ0n) is 18.4. The Morgan fingerprint density at radius 2 is 1.97 bits per heavy atom. The first-order valence-electron chi connectivity index (χ1n) is 10.6. The number of ether oxygens (including phenoxy) is 2. The zero-order chi connectivity index (χ0) is 23.0. The SMILES string of the molecule is COc1cc(N=[N+]=[N-])ccc1C(=O)NC1(C)CCN(CCCOc2ccc(F)cc2)CC1. The number of hydrogen-bond donors (Lipinski definition) is 1. The summed E-state index contributed by atoms with van der Waals surface area (Å²) in [4.78, 5) is 18.0. The standard InChI is InChI=1S/C23H28FN5O3/c1-23(26-22(30)20-9-6-18(27-28-25)16-21(20)31-2)10-13-29(14-11-23)12-3-15-32-19-7-4-17(24)5-8-19/h4-9,16H,3,10-15H2,1-2H3,(H,26,30). The van der Waals surface area contributed by atoms with Crippen molar-refractivity contribution in [3.05, 3.63) is 64.3 Å². The van der Waals surface area contributed by atoms with Crippen molar-refractivity contribution in [2.45, 2.75) is 31.7 Å². The summed E-state index contributed by atoms with van der Waals surface area (Å²) in [7, 11) is 1.48. The van der Waals surface area contributed by atoms with Gasteiger partial charge in [-0.05, 0) is 68.1 Å². The second-order valence-electron chi connectivity index (χ2n) is 8.09. The van der Waals surface area contributed by atoms with Crippen LogP contribution in [0.15, 0.2) is 47.6 Å². The molecule has 0 saturated carbocycles. The van der Waals surface area contributed by atoms with Crippen LogP contribution < -0.4 is 14.8 Å². The highest BCUT2D eigenvalue weighted by molar-refractivity contribution is 5.97. The number of rotatable bonds is 9. The van der Waals surface area contributed by atoms with Crippen molar-refractivity contribution in [2.75, 3.05) is 33.4 Å². The Morgan fingerprint density at radius 1 is 1.25 bits per heavy atom. The normalized spacial score (nSPS) is 15.5. The summed E-state index contributed by atoms with van der Waals surface area (Å²) >= 11 is 0. The second kappa shape index (κ2) is 10.8. The van der Waals surface area contributed by atoms with Gasteiger partial charge in [0, 0.05) is 35.8 Å². The van der Waals surface area contributed by atoms with Gasteiger partial charge >= 0.3 is 0 Å². The van der Waals surface area contributed by atoms with Crippen LogP contribution in [0.25, 0.3) is 10.4 Å². The smallest absolute Gasteiger partial charge is 0.255 e. The Kier molecular flexibility index (Phi) is 7.92. The molecular weight excluding hydrogens is 413 g/mol. The first-order valence-corrected chi connectivity index (χ1v) is 10.6. The molecule has 8 nitrogen and oxygen atoms in total. The van der Waals surface area contributed by atoms with E-state index in [-0.39, 0.29) is 17.3 Å². The van der Waals surface area contributed by atoms with Crippen LogP contribution in [0.2, 0.25) is 0 Å². The van der Waals surface area contributed by atoms with E-state index >= 15 is 0 Å². The maximum absolute atomic E-state index is 12.9. The van der Waals surface area contributed by atoms with E-state index in [0.717, 1.165) is 38.9 Å². The Hall–Kier alpha value is -3.29. The van der Waals surface area contributed by atoms with Crippen molar-refractivity contribution < 1.29 is 18.7 Å². The van der Waals surface area contributed by atoms with E-state index in [0.29, 0.717) is 29.4 Å². The number of piperidine rings is 1. The average molecular weight is 442 g/mol. The first-order chi connectivity index (χ1) is 15.4. The predicted molar refractivity (Wildman–Crippen MR) is 120 cm³/mol. The maximum atomic E-state index is 12.9. The van der Waals surface area contributed by atoms with E-state index in [1.54, 1.807) is 30.3 Å². The average Bonchev–Trinajstić information content (AvgIpc) is 2.79. The highest BCUT2D eigenvalue weighted by Gasteiger charge is 2.32. The van der Waals surface area contributed by atoms with Gasteiger partial charge in [0.1, 0.15) is 17.3 Å². The van der Waals surface area contributed by atoms with E-state index in [4.69, 9.17) is 15.0 Å². The molecule has 1 aliphatic rings. The molecule has 1 aliphatic heterocycles. The van der Waals surface area contributed by atoms with E-state index in [1.807, 2.05) is 0 Å². The summed E-state index contributed by atoms with van der Waals surface area (Å²) in [5.74, 6) is 0.556. The van der Waals surface area contributed by atoms with Crippen LogP contribution >= 0.6 is 0 Å². The largest absolute Gasteiger partial charge is 0.496 e. The molecule has 0 aromatic heterocycles. The van der Waals surface area contributed by atoms with Crippen LogP contribution in [0.4, 0.5) is 10.1 Å². The molecule has 0 unspecified atom stereocenters. The molecule has 2 aromatic carbocycles. The lowest BCUT2D eigenvalue weighted by Crippen LogP contribution is -2.53. The van der Waals surface area contributed by atoms with Gasteiger partial charge in [0.15, 0.2) is 0 Å². The molecule has 3 rings (SSSR count). The van der Waals surface area contributed by atoms with Crippen LogP contribution in [-0.2, 0) is 0 Å². The fourth-order valence-electron chi connectivity index (χ4n) is 3.73. The van der Waals surface area contributed by atoms with Crippen molar-refractivity contribution in [1.82, 2.24) is 10.2 Å². The zero-order valence-corrected chi connectivity index (χ0v) is 18.4. The number of nitrogens with one attached hydrogen (secondary N) is 1. The minimum Gasteiger partial charge on any atom is -0.496 e. The summed E-state index contributed by atoms with van der Waals surface area (Å²) in [6.07, 6.45) is 2.53. The summed E-state index contributed by atoms with van der Waals surface area (Å²) in [6.45, 7) is 5.28. The molecule has 32 heavy (non-hydrogen) atoms. The van der Waals surface area contributed by atoms with Crippen molar-refractivity contribution in [3.63, 3.8) is 0 Å². The second-order valence-corrected chi connectivity index (χ2v) is 8.09. The molecule has 1 saturated heterocycles. The van der Waals surface area contributed by atoms with Gasteiger partial charge in [-0.25, -0.2) is 4.39 Å². The third-order valence-corrected chi connectivity index (χ3v) is 5.67. The van der Waals surface area contributed by atoms with E-state index in [9.17, 15) is 9.18 Å². The number of methoxy groups -OCH3 is 1. The molecule has 1 amide bonds. The van der Waals surface area contributed by atoms with Gasteiger partial charge < -0.3 is 19.7 Å². The number of carbonyl (C=O) groups is 1. The molecular formula is C23H28FN5O3. The summed E-state index contributed by atoms with van der Waals surface area (Å²) in [6, 6.07) is 10.8.